The first-order chi connectivity index (χ1) is 17.8. The predicted molar refractivity (Wildman–Crippen MR) is 135 cm³/mol. The summed E-state index contributed by atoms with van der Waals surface area (Å²) in [4.78, 5) is 6.62. The molecule has 37 heavy (non-hydrogen) atoms. The monoisotopic (exact) mass is 526 g/mol. The van der Waals surface area contributed by atoms with E-state index in [0.29, 0.717) is 29.8 Å². The molecule has 1 unspecified atom stereocenters. The van der Waals surface area contributed by atoms with E-state index in [1.807, 2.05) is 25.2 Å². The average Bonchev–Trinajstić information content (AvgIpc) is 3.48. The van der Waals surface area contributed by atoms with Crippen LogP contribution in [0.4, 0.5) is 0 Å². The number of fused-ring (bicyclic) bond motifs is 1. The molecule has 13 heteroatoms. The molecular formula is C24H28N7O5S-. The molecule has 1 fully saturated rings. The molecule has 12 nitrogen and oxygen atoms in total. The van der Waals surface area contributed by atoms with Gasteiger partial charge in [-0.3, -0.25) is 13.8 Å². The first-order valence-corrected chi connectivity index (χ1v) is 12.9. The Morgan fingerprint density at radius 3 is 2.68 bits per heavy atom. The Morgan fingerprint density at radius 2 is 1.95 bits per heavy atom. The molecule has 1 aliphatic rings. The van der Waals surface area contributed by atoms with Crippen LogP contribution < -0.4 is 9.46 Å². The van der Waals surface area contributed by atoms with Crippen molar-refractivity contribution in [3.05, 3.63) is 42.0 Å². The maximum atomic E-state index is 11.0. The number of aryl methyl sites for hydroxylation is 1. The SMILES string of the molecule is COc1ncc(-c2cc(-c3nnc(CN4C[C@@H](C)O[C@@H](C)C4)o3)c3cnn(C)c3c2)cc1CNS(=O)[O-]. The lowest BCUT2D eigenvalue weighted by Gasteiger charge is -2.34. The molecule has 3 atom stereocenters. The highest BCUT2D eigenvalue weighted by Gasteiger charge is 2.24. The Labute approximate surface area is 216 Å². The second-order valence-corrected chi connectivity index (χ2v) is 9.88. The molecular weight excluding hydrogens is 498 g/mol. The van der Waals surface area contributed by atoms with Crippen LogP contribution in [0.3, 0.4) is 0 Å². The van der Waals surface area contributed by atoms with Gasteiger partial charge in [0.1, 0.15) is 0 Å². The van der Waals surface area contributed by atoms with E-state index in [1.54, 1.807) is 17.1 Å². The number of morpholine rings is 1. The van der Waals surface area contributed by atoms with Crippen molar-refractivity contribution < 1.29 is 22.7 Å². The summed E-state index contributed by atoms with van der Waals surface area (Å²) in [5.74, 6) is 1.27. The lowest BCUT2D eigenvalue weighted by molar-refractivity contribution is -0.0721. The van der Waals surface area contributed by atoms with Gasteiger partial charge < -0.3 is 18.4 Å². The minimum Gasteiger partial charge on any atom is -0.760 e. The fraction of sp³-hybridized carbons (Fsp3) is 0.417. The normalized spacial score (nSPS) is 19.4. The molecule has 4 aromatic rings. The Kier molecular flexibility index (Phi) is 7.31. The van der Waals surface area contributed by atoms with E-state index in [1.165, 1.54) is 7.11 Å². The fourth-order valence-electron chi connectivity index (χ4n) is 4.73. The van der Waals surface area contributed by atoms with Crippen LogP contribution in [0.5, 0.6) is 5.88 Å². The number of hydrogen-bond acceptors (Lipinski definition) is 10. The summed E-state index contributed by atoms with van der Waals surface area (Å²) in [5.41, 5.74) is 3.83. The number of aromatic nitrogens is 5. The van der Waals surface area contributed by atoms with E-state index in [0.717, 1.165) is 40.7 Å². The lowest BCUT2D eigenvalue weighted by Crippen LogP contribution is -2.44. The molecule has 0 radical (unpaired) electrons. The molecule has 4 heterocycles. The summed E-state index contributed by atoms with van der Waals surface area (Å²) in [6, 6.07) is 5.78. The van der Waals surface area contributed by atoms with E-state index in [4.69, 9.17) is 13.9 Å². The van der Waals surface area contributed by atoms with Gasteiger partial charge in [-0.25, -0.2) is 9.71 Å². The summed E-state index contributed by atoms with van der Waals surface area (Å²) in [6.45, 7) is 6.30. The summed E-state index contributed by atoms with van der Waals surface area (Å²) in [5, 5.41) is 14.0. The van der Waals surface area contributed by atoms with Crippen molar-refractivity contribution in [1.82, 2.24) is 34.6 Å². The smallest absolute Gasteiger partial charge is 0.248 e. The predicted octanol–water partition coefficient (Wildman–Crippen LogP) is 2.19. The highest BCUT2D eigenvalue weighted by molar-refractivity contribution is 7.77. The third kappa shape index (κ3) is 5.55. The van der Waals surface area contributed by atoms with Crippen LogP contribution in [0.1, 0.15) is 25.3 Å². The highest BCUT2D eigenvalue weighted by atomic mass is 32.2. The first kappa shape index (κ1) is 25.4. The molecule has 1 aromatic carbocycles. The van der Waals surface area contributed by atoms with Gasteiger partial charge in [0.2, 0.25) is 17.7 Å². The summed E-state index contributed by atoms with van der Waals surface area (Å²) < 4.78 is 43.4. The number of nitrogens with zero attached hydrogens (tertiary/aromatic N) is 6. The molecule has 1 saturated heterocycles. The Morgan fingerprint density at radius 1 is 1.16 bits per heavy atom. The van der Waals surface area contributed by atoms with Crippen LogP contribution in [0.25, 0.3) is 33.5 Å². The third-order valence-electron chi connectivity index (χ3n) is 6.25. The van der Waals surface area contributed by atoms with Crippen molar-refractivity contribution in [2.75, 3.05) is 20.2 Å². The number of ether oxygens (including phenoxy) is 2. The zero-order valence-corrected chi connectivity index (χ0v) is 21.8. The Balaban J connectivity index is 1.50. The molecule has 5 rings (SSSR count). The van der Waals surface area contributed by atoms with Crippen molar-refractivity contribution in [3.63, 3.8) is 0 Å². The molecule has 3 aromatic heterocycles. The average molecular weight is 527 g/mol. The van der Waals surface area contributed by atoms with Crippen LogP contribution in [0, 0.1) is 0 Å². The van der Waals surface area contributed by atoms with Gasteiger partial charge in [0.05, 0.1) is 43.1 Å². The van der Waals surface area contributed by atoms with Gasteiger partial charge in [-0.05, 0) is 37.6 Å². The van der Waals surface area contributed by atoms with Crippen molar-refractivity contribution in [2.45, 2.75) is 39.1 Å². The molecule has 0 amide bonds. The van der Waals surface area contributed by atoms with Crippen LogP contribution in [-0.2, 0) is 36.1 Å². The number of benzene rings is 1. The van der Waals surface area contributed by atoms with Gasteiger partial charge >= 0.3 is 0 Å². The van der Waals surface area contributed by atoms with Crippen LogP contribution in [-0.4, -0.2) is 71.0 Å². The van der Waals surface area contributed by atoms with Gasteiger partial charge in [-0.15, -0.1) is 10.2 Å². The molecule has 196 valence electrons. The van der Waals surface area contributed by atoms with E-state index in [2.05, 4.69) is 43.7 Å². The number of hydrogen-bond donors (Lipinski definition) is 1. The summed E-state index contributed by atoms with van der Waals surface area (Å²) in [7, 11) is 3.35. The standard InChI is InChI=1S/C24H29N7O5S/c1-14-11-31(12-15(2)35-14)13-22-28-29-24(36-22)19-6-16(7-21-20(19)10-26-30(21)3)17-5-18(9-27-37(32)33)23(34-4)25-8-17/h5-8,10,14-15,27H,9,11-13H2,1-4H3,(H,32,33)/p-1/t14-,15+. The van der Waals surface area contributed by atoms with Crippen molar-refractivity contribution in [1.29, 1.82) is 0 Å². The van der Waals surface area contributed by atoms with Gasteiger partial charge in [-0.1, -0.05) is 0 Å². The molecule has 0 aliphatic carbocycles. The topological polar surface area (TPSA) is 143 Å². The van der Waals surface area contributed by atoms with E-state index in [9.17, 15) is 8.76 Å². The van der Waals surface area contributed by atoms with Crippen LogP contribution in [0.15, 0.2) is 35.0 Å². The van der Waals surface area contributed by atoms with E-state index >= 15 is 0 Å². The molecule has 0 spiro atoms. The minimum absolute atomic E-state index is 0.0483. The zero-order valence-electron chi connectivity index (χ0n) is 21.0. The van der Waals surface area contributed by atoms with Gasteiger partial charge in [0.15, 0.2) is 0 Å². The van der Waals surface area contributed by atoms with Crippen molar-refractivity contribution in [2.24, 2.45) is 7.05 Å². The molecule has 1 N–H and O–H groups in total. The summed E-state index contributed by atoms with van der Waals surface area (Å²) in [6.07, 6.45) is 3.74. The van der Waals surface area contributed by atoms with Crippen LogP contribution >= 0.6 is 0 Å². The molecule has 1 aliphatic heterocycles. The number of methoxy groups -OCH3 is 1. The second kappa shape index (κ2) is 10.6. The number of rotatable bonds is 8. The van der Waals surface area contributed by atoms with Crippen LogP contribution in [0.2, 0.25) is 0 Å². The van der Waals surface area contributed by atoms with Gasteiger partial charge in [0.25, 0.3) is 0 Å². The molecule has 0 bridgehead atoms. The maximum Gasteiger partial charge on any atom is 0.248 e. The largest absolute Gasteiger partial charge is 0.760 e. The number of nitrogens with one attached hydrogen (secondary N) is 1. The lowest BCUT2D eigenvalue weighted by atomic mass is 10.00. The quantitative estimate of drug-likeness (QED) is 0.339. The molecule has 0 saturated carbocycles. The Bertz CT molecular complexity index is 1430. The fourth-order valence-corrected chi connectivity index (χ4v) is 5.00. The van der Waals surface area contributed by atoms with Crippen molar-refractivity contribution in [3.8, 4) is 28.5 Å². The number of pyridine rings is 1. The van der Waals surface area contributed by atoms with E-state index in [-0.39, 0.29) is 18.8 Å². The van der Waals surface area contributed by atoms with Gasteiger partial charge in [-0.2, -0.15) is 5.10 Å². The summed E-state index contributed by atoms with van der Waals surface area (Å²) >= 11 is -2.41. The zero-order chi connectivity index (χ0) is 26.1. The minimum atomic E-state index is -2.41. The van der Waals surface area contributed by atoms with E-state index < -0.39 is 11.3 Å². The third-order valence-corrected chi connectivity index (χ3v) is 6.63. The highest BCUT2D eigenvalue weighted by Crippen LogP contribution is 2.34. The van der Waals surface area contributed by atoms with Crippen molar-refractivity contribution >= 4 is 22.2 Å². The Hall–Kier alpha value is -3.23. The second-order valence-electron chi connectivity index (χ2n) is 9.13. The van der Waals surface area contributed by atoms with Gasteiger partial charge in [0, 0.05) is 60.7 Å². The first-order valence-electron chi connectivity index (χ1n) is 11.8. The maximum absolute atomic E-state index is 11.0.